The van der Waals surface area contributed by atoms with Crippen molar-refractivity contribution >= 4 is 11.9 Å². The summed E-state index contributed by atoms with van der Waals surface area (Å²) in [5.41, 5.74) is 7.55. The molecule has 0 radical (unpaired) electrons. The smallest absolute Gasteiger partial charge is 0.152 e. The van der Waals surface area contributed by atoms with Crippen LogP contribution in [0.5, 0.6) is 0 Å². The molecule has 0 spiro atoms. The lowest BCUT2D eigenvalue weighted by Crippen LogP contribution is -1.84. The molecule has 0 atom stereocenters. The van der Waals surface area contributed by atoms with Gasteiger partial charge in [0.05, 0.1) is 0 Å². The highest BCUT2D eigenvalue weighted by Gasteiger charge is 2.14. The van der Waals surface area contributed by atoms with Crippen LogP contribution in [-0.2, 0) is 4.79 Å². The van der Waals surface area contributed by atoms with Gasteiger partial charge in [0.1, 0.15) is 0 Å². The van der Waals surface area contributed by atoms with E-state index in [0.717, 1.165) is 5.56 Å². The van der Waals surface area contributed by atoms with Crippen molar-refractivity contribution in [3.8, 4) is 11.1 Å². The van der Waals surface area contributed by atoms with Gasteiger partial charge in [-0.25, -0.2) is 0 Å². The Balaban J connectivity index is 2.66. The highest BCUT2D eigenvalue weighted by molar-refractivity contribution is 5.94. The van der Waals surface area contributed by atoms with Crippen LogP contribution in [0.25, 0.3) is 17.2 Å². The van der Waals surface area contributed by atoms with Gasteiger partial charge in [-0.1, -0.05) is 44.2 Å². The van der Waals surface area contributed by atoms with E-state index >= 15 is 0 Å². The zero-order chi connectivity index (χ0) is 14.9. The zero-order valence-corrected chi connectivity index (χ0v) is 12.9. The zero-order valence-electron chi connectivity index (χ0n) is 12.9. The first-order chi connectivity index (χ1) is 9.40. The third-order valence-electron chi connectivity index (χ3n) is 3.75. The first-order valence-corrected chi connectivity index (χ1v) is 7.12. The molecule has 0 N–H and O–H groups in total. The predicted octanol–water partition coefficient (Wildman–Crippen LogP) is 5.13. The minimum absolute atomic E-state index is 0.0813. The molecule has 2 aliphatic rings. The fourth-order valence-electron chi connectivity index (χ4n) is 2.58. The van der Waals surface area contributed by atoms with E-state index in [0.29, 0.717) is 5.92 Å². The molecular formula is C19H22O. The summed E-state index contributed by atoms with van der Waals surface area (Å²) in [6.07, 6.45) is 3.57. The molecule has 0 saturated carbocycles. The predicted molar refractivity (Wildman–Crippen MR) is 86.3 cm³/mol. The highest BCUT2D eigenvalue weighted by atomic mass is 16.1. The van der Waals surface area contributed by atoms with E-state index in [4.69, 9.17) is 0 Å². The van der Waals surface area contributed by atoms with Gasteiger partial charge in [0, 0.05) is 0 Å². The molecule has 0 aromatic heterocycles. The number of ketones is 1. The van der Waals surface area contributed by atoms with Crippen molar-refractivity contribution < 1.29 is 4.79 Å². The van der Waals surface area contributed by atoms with Gasteiger partial charge < -0.3 is 0 Å². The summed E-state index contributed by atoms with van der Waals surface area (Å²) >= 11 is 0. The van der Waals surface area contributed by atoms with Crippen molar-refractivity contribution in [1.29, 1.82) is 0 Å². The molecule has 0 saturated heterocycles. The quantitative estimate of drug-likeness (QED) is 0.703. The second kappa shape index (κ2) is 5.62. The highest BCUT2D eigenvalue weighted by Crippen LogP contribution is 2.36. The fourth-order valence-corrected chi connectivity index (χ4v) is 2.58. The lowest BCUT2D eigenvalue weighted by molar-refractivity contribution is -0.112. The molecule has 0 unspecified atom stereocenters. The Labute approximate surface area is 121 Å². The molecule has 0 amide bonds. The molecule has 0 heterocycles. The number of allylic oxidation sites excluding steroid dienone is 1. The second-order valence-corrected chi connectivity index (χ2v) is 5.83. The molecule has 0 aromatic carbocycles. The van der Waals surface area contributed by atoms with E-state index in [9.17, 15) is 4.79 Å². The maximum atomic E-state index is 11.2. The summed E-state index contributed by atoms with van der Waals surface area (Å²) in [5, 5.41) is 0. The van der Waals surface area contributed by atoms with Crippen LogP contribution in [0.4, 0.5) is 0 Å². The van der Waals surface area contributed by atoms with E-state index in [-0.39, 0.29) is 5.78 Å². The molecule has 1 heteroatoms. The number of aryl methyl sites for hydroxylation is 2. The van der Waals surface area contributed by atoms with E-state index in [1.165, 1.54) is 27.8 Å². The third-order valence-corrected chi connectivity index (χ3v) is 3.75. The molecule has 1 nitrogen and oxygen atoms in total. The first-order valence-electron chi connectivity index (χ1n) is 7.12. The van der Waals surface area contributed by atoms with Gasteiger partial charge in [-0.3, -0.25) is 4.79 Å². The van der Waals surface area contributed by atoms with Crippen molar-refractivity contribution in [2.45, 2.75) is 40.5 Å². The Hall–Kier alpha value is -1.89. The topological polar surface area (TPSA) is 17.1 Å². The van der Waals surface area contributed by atoms with Crippen LogP contribution in [-0.4, -0.2) is 5.78 Å². The minimum atomic E-state index is 0.0813. The SMILES string of the molecule is CC(=O)/C=C/c1cc(C)c2cc(C(C)C)ccc(C)c1-2. The van der Waals surface area contributed by atoms with Gasteiger partial charge >= 0.3 is 0 Å². The van der Waals surface area contributed by atoms with E-state index in [1.54, 1.807) is 13.0 Å². The summed E-state index contributed by atoms with van der Waals surface area (Å²) in [6, 6.07) is 8.84. The first kappa shape index (κ1) is 14.5. The second-order valence-electron chi connectivity index (χ2n) is 5.83. The Morgan fingerprint density at radius 1 is 1.10 bits per heavy atom. The van der Waals surface area contributed by atoms with E-state index in [2.05, 4.69) is 52.0 Å². The Kier molecular flexibility index (Phi) is 4.08. The summed E-state index contributed by atoms with van der Waals surface area (Å²) < 4.78 is 0. The minimum Gasteiger partial charge on any atom is -0.295 e. The molecular weight excluding hydrogens is 244 g/mol. The van der Waals surface area contributed by atoms with Gasteiger partial charge in [-0.05, 0) is 66.1 Å². The van der Waals surface area contributed by atoms with Crippen LogP contribution in [0.15, 0.2) is 30.3 Å². The van der Waals surface area contributed by atoms with Crippen LogP contribution in [0.1, 0.15) is 48.9 Å². The molecule has 0 aliphatic heterocycles. The number of carbonyl (C=O) groups excluding carboxylic acids is 1. The lowest BCUT2D eigenvalue weighted by atomic mass is 10.0. The van der Waals surface area contributed by atoms with Crippen LogP contribution in [0, 0.1) is 13.8 Å². The molecule has 104 valence electrons. The van der Waals surface area contributed by atoms with Crippen LogP contribution < -0.4 is 0 Å². The number of fused-ring (bicyclic) bond motifs is 1. The summed E-state index contributed by atoms with van der Waals surface area (Å²) in [5.74, 6) is 0.591. The molecule has 0 aromatic rings. The maximum absolute atomic E-state index is 11.2. The van der Waals surface area contributed by atoms with Crippen molar-refractivity contribution in [1.82, 2.24) is 0 Å². The standard InChI is InChI=1S/C19H22O/c1-12(2)16-8-6-13(3)19-17(9-7-15(5)20)10-14(4)18(19)11-16/h6-12H,1-5H3/b9-7+. The van der Waals surface area contributed by atoms with Crippen molar-refractivity contribution in [3.05, 3.63) is 52.6 Å². The van der Waals surface area contributed by atoms with Gasteiger partial charge in [0.15, 0.2) is 5.78 Å². The van der Waals surface area contributed by atoms with Gasteiger partial charge in [-0.2, -0.15) is 0 Å². The van der Waals surface area contributed by atoms with Gasteiger partial charge in [-0.15, -0.1) is 0 Å². The van der Waals surface area contributed by atoms with Crippen molar-refractivity contribution in [2.75, 3.05) is 0 Å². The Bertz CT molecular complexity index is 647. The molecule has 20 heavy (non-hydrogen) atoms. The largest absolute Gasteiger partial charge is 0.295 e. The fraction of sp³-hybridized carbons (Fsp3) is 0.316. The normalized spacial score (nSPS) is 11.7. The third kappa shape index (κ3) is 2.82. The number of hydrogen-bond donors (Lipinski definition) is 0. The van der Waals surface area contributed by atoms with E-state index < -0.39 is 0 Å². The van der Waals surface area contributed by atoms with Gasteiger partial charge in [0.25, 0.3) is 0 Å². The van der Waals surface area contributed by atoms with E-state index in [1.807, 2.05) is 6.08 Å². The molecule has 2 aliphatic carbocycles. The van der Waals surface area contributed by atoms with Crippen LogP contribution >= 0.6 is 0 Å². The maximum Gasteiger partial charge on any atom is 0.152 e. The van der Waals surface area contributed by atoms with Gasteiger partial charge in [0.2, 0.25) is 0 Å². The molecule has 0 bridgehead atoms. The summed E-state index contributed by atoms with van der Waals surface area (Å²) in [6.45, 7) is 10.3. The number of hydrogen-bond acceptors (Lipinski definition) is 1. The lowest BCUT2D eigenvalue weighted by Gasteiger charge is -2.04. The summed E-state index contributed by atoms with van der Waals surface area (Å²) in [7, 11) is 0. The Morgan fingerprint density at radius 2 is 1.80 bits per heavy atom. The molecule has 2 rings (SSSR count). The number of carbonyl (C=O) groups is 1. The van der Waals surface area contributed by atoms with Crippen LogP contribution in [0.3, 0.4) is 0 Å². The van der Waals surface area contributed by atoms with Crippen LogP contribution in [0.2, 0.25) is 0 Å². The average Bonchev–Trinajstić information content (AvgIpc) is 2.55. The molecule has 0 fully saturated rings. The monoisotopic (exact) mass is 266 g/mol. The average molecular weight is 266 g/mol. The number of rotatable bonds is 3. The van der Waals surface area contributed by atoms with Crippen molar-refractivity contribution in [3.63, 3.8) is 0 Å². The Morgan fingerprint density at radius 3 is 2.40 bits per heavy atom. The van der Waals surface area contributed by atoms with Crippen molar-refractivity contribution in [2.24, 2.45) is 0 Å². The summed E-state index contributed by atoms with van der Waals surface area (Å²) in [4.78, 5) is 11.2.